The molecule has 2 fully saturated rings. The topological polar surface area (TPSA) is 72.9 Å². The molecular formula is C15H19N3O3. The van der Waals surface area contributed by atoms with Gasteiger partial charge in [-0.05, 0) is 30.7 Å². The Kier molecular flexibility index (Phi) is 3.79. The largest absolute Gasteiger partial charge is 0.396 e. The molecule has 6 nitrogen and oxygen atoms in total. The molecule has 1 aromatic rings. The molecular weight excluding hydrogens is 270 g/mol. The third-order valence-corrected chi connectivity index (χ3v) is 4.12. The highest BCUT2D eigenvalue weighted by atomic mass is 16.3. The number of rotatable bonds is 3. The summed E-state index contributed by atoms with van der Waals surface area (Å²) in [6.45, 7) is 2.47. The number of benzene rings is 1. The summed E-state index contributed by atoms with van der Waals surface area (Å²) in [7, 11) is 0. The van der Waals surface area contributed by atoms with E-state index < -0.39 is 0 Å². The Hall–Kier alpha value is -2.08. The molecule has 2 heterocycles. The van der Waals surface area contributed by atoms with Crippen molar-refractivity contribution < 1.29 is 14.7 Å². The lowest BCUT2D eigenvalue weighted by atomic mass is 10.1. The van der Waals surface area contributed by atoms with E-state index in [1.807, 2.05) is 24.3 Å². The number of amides is 3. The van der Waals surface area contributed by atoms with Crippen LogP contribution < -0.4 is 15.1 Å². The molecule has 3 rings (SSSR count). The quantitative estimate of drug-likeness (QED) is 0.869. The molecule has 1 aromatic carbocycles. The summed E-state index contributed by atoms with van der Waals surface area (Å²) in [6.07, 6.45) is 1.34. The molecule has 0 aromatic heterocycles. The van der Waals surface area contributed by atoms with Crippen LogP contribution in [-0.4, -0.2) is 43.3 Å². The Morgan fingerprint density at radius 3 is 2.48 bits per heavy atom. The molecule has 2 aliphatic heterocycles. The SMILES string of the molecule is O=C1CCN(c2ccc(N3CC[C@@H](CO)C3)cc2)C(=O)N1. The van der Waals surface area contributed by atoms with E-state index in [2.05, 4.69) is 10.2 Å². The van der Waals surface area contributed by atoms with Gasteiger partial charge in [0.1, 0.15) is 0 Å². The molecule has 6 heteroatoms. The van der Waals surface area contributed by atoms with Crippen molar-refractivity contribution in [1.82, 2.24) is 5.32 Å². The Morgan fingerprint density at radius 2 is 1.86 bits per heavy atom. The van der Waals surface area contributed by atoms with E-state index in [1.54, 1.807) is 4.90 Å². The molecule has 2 saturated heterocycles. The summed E-state index contributed by atoms with van der Waals surface area (Å²) in [5.41, 5.74) is 1.89. The van der Waals surface area contributed by atoms with Crippen LogP contribution in [0.1, 0.15) is 12.8 Å². The summed E-state index contributed by atoms with van der Waals surface area (Å²) >= 11 is 0. The van der Waals surface area contributed by atoms with Crippen LogP contribution in [0.2, 0.25) is 0 Å². The summed E-state index contributed by atoms with van der Waals surface area (Å²) in [5, 5.41) is 11.5. The summed E-state index contributed by atoms with van der Waals surface area (Å²) in [6, 6.07) is 7.41. The fourth-order valence-corrected chi connectivity index (χ4v) is 2.87. The van der Waals surface area contributed by atoms with Crippen molar-refractivity contribution in [2.45, 2.75) is 12.8 Å². The summed E-state index contributed by atoms with van der Waals surface area (Å²) in [4.78, 5) is 26.8. The van der Waals surface area contributed by atoms with Gasteiger partial charge in [-0.3, -0.25) is 15.0 Å². The normalized spacial score (nSPS) is 22.6. The van der Waals surface area contributed by atoms with Crippen LogP contribution >= 0.6 is 0 Å². The molecule has 3 amide bonds. The van der Waals surface area contributed by atoms with E-state index in [0.29, 0.717) is 18.9 Å². The zero-order valence-electron chi connectivity index (χ0n) is 11.8. The van der Waals surface area contributed by atoms with E-state index >= 15 is 0 Å². The number of aliphatic hydroxyl groups is 1. The highest BCUT2D eigenvalue weighted by molar-refractivity contribution is 6.05. The molecule has 21 heavy (non-hydrogen) atoms. The first-order chi connectivity index (χ1) is 10.2. The number of nitrogens with one attached hydrogen (secondary N) is 1. The number of carbonyl (C=O) groups excluding carboxylic acids is 2. The van der Waals surface area contributed by atoms with Crippen LogP contribution in [0.15, 0.2) is 24.3 Å². The van der Waals surface area contributed by atoms with Crippen molar-refractivity contribution in [3.8, 4) is 0 Å². The van der Waals surface area contributed by atoms with Crippen LogP contribution in [0.25, 0.3) is 0 Å². The van der Waals surface area contributed by atoms with E-state index in [9.17, 15) is 14.7 Å². The number of anilines is 2. The minimum absolute atomic E-state index is 0.222. The minimum Gasteiger partial charge on any atom is -0.396 e. The van der Waals surface area contributed by atoms with E-state index in [-0.39, 0.29) is 18.5 Å². The third kappa shape index (κ3) is 2.85. The van der Waals surface area contributed by atoms with Gasteiger partial charge in [0.15, 0.2) is 0 Å². The summed E-state index contributed by atoms with van der Waals surface area (Å²) < 4.78 is 0. The van der Waals surface area contributed by atoms with Crippen molar-refractivity contribution in [2.75, 3.05) is 36.0 Å². The maximum atomic E-state index is 11.8. The lowest BCUT2D eigenvalue weighted by Crippen LogP contribution is -2.49. The molecule has 2 N–H and O–H groups in total. The van der Waals surface area contributed by atoms with Gasteiger partial charge < -0.3 is 10.0 Å². The lowest BCUT2D eigenvalue weighted by Gasteiger charge is -2.27. The summed E-state index contributed by atoms with van der Waals surface area (Å²) in [5.74, 6) is 0.128. The van der Waals surface area contributed by atoms with Gasteiger partial charge in [0.05, 0.1) is 0 Å². The molecule has 0 bridgehead atoms. The van der Waals surface area contributed by atoms with Crippen molar-refractivity contribution in [3.63, 3.8) is 0 Å². The van der Waals surface area contributed by atoms with Gasteiger partial charge in [0.25, 0.3) is 0 Å². The van der Waals surface area contributed by atoms with Gasteiger partial charge in [-0.1, -0.05) is 0 Å². The first-order valence-corrected chi connectivity index (χ1v) is 7.24. The van der Waals surface area contributed by atoms with Crippen molar-refractivity contribution >= 4 is 23.3 Å². The number of hydrogen-bond acceptors (Lipinski definition) is 4. The standard InChI is InChI=1S/C15H19N3O3/c19-10-11-5-7-17(9-11)12-1-3-13(4-2-12)18-8-6-14(20)16-15(18)21/h1-4,11,19H,5-10H2,(H,16,20,21)/t11-/m1/s1. The second kappa shape index (κ2) is 5.73. The van der Waals surface area contributed by atoms with Crippen LogP contribution in [0.4, 0.5) is 16.2 Å². The van der Waals surface area contributed by atoms with Gasteiger partial charge in [0, 0.05) is 50.0 Å². The maximum Gasteiger partial charge on any atom is 0.328 e. The van der Waals surface area contributed by atoms with Crippen LogP contribution in [0.3, 0.4) is 0 Å². The molecule has 112 valence electrons. The highest BCUT2D eigenvalue weighted by Gasteiger charge is 2.25. The predicted octanol–water partition coefficient (Wildman–Crippen LogP) is 0.952. The fourth-order valence-electron chi connectivity index (χ4n) is 2.87. The lowest BCUT2D eigenvalue weighted by molar-refractivity contribution is -0.120. The Labute approximate surface area is 123 Å². The molecule has 1 atom stereocenters. The van der Waals surface area contributed by atoms with E-state index in [0.717, 1.165) is 30.9 Å². The second-order valence-electron chi connectivity index (χ2n) is 5.55. The van der Waals surface area contributed by atoms with Gasteiger partial charge in [0.2, 0.25) is 5.91 Å². The Balaban J connectivity index is 1.70. The van der Waals surface area contributed by atoms with Gasteiger partial charge >= 0.3 is 6.03 Å². The average molecular weight is 289 g/mol. The first kappa shape index (κ1) is 13.9. The number of nitrogens with zero attached hydrogens (tertiary/aromatic N) is 2. The monoisotopic (exact) mass is 289 g/mol. The zero-order valence-corrected chi connectivity index (χ0v) is 11.8. The average Bonchev–Trinajstić information content (AvgIpc) is 2.96. The van der Waals surface area contributed by atoms with Gasteiger partial charge in [-0.15, -0.1) is 0 Å². The van der Waals surface area contributed by atoms with Crippen LogP contribution in [0, 0.1) is 5.92 Å². The maximum absolute atomic E-state index is 11.8. The smallest absolute Gasteiger partial charge is 0.328 e. The first-order valence-electron chi connectivity index (χ1n) is 7.24. The second-order valence-corrected chi connectivity index (χ2v) is 5.55. The zero-order chi connectivity index (χ0) is 14.8. The highest BCUT2D eigenvalue weighted by Crippen LogP contribution is 2.26. The number of aliphatic hydroxyl groups excluding tert-OH is 1. The van der Waals surface area contributed by atoms with Gasteiger partial charge in [-0.2, -0.15) is 0 Å². The van der Waals surface area contributed by atoms with E-state index in [4.69, 9.17) is 0 Å². The fraction of sp³-hybridized carbons (Fsp3) is 0.467. The number of hydrogen-bond donors (Lipinski definition) is 2. The van der Waals surface area contributed by atoms with E-state index in [1.165, 1.54) is 0 Å². The molecule has 2 aliphatic rings. The molecule has 0 saturated carbocycles. The number of carbonyl (C=O) groups is 2. The molecule has 0 aliphatic carbocycles. The number of imide groups is 1. The van der Waals surface area contributed by atoms with Crippen molar-refractivity contribution in [3.05, 3.63) is 24.3 Å². The van der Waals surface area contributed by atoms with Crippen molar-refractivity contribution in [2.24, 2.45) is 5.92 Å². The van der Waals surface area contributed by atoms with Crippen molar-refractivity contribution in [1.29, 1.82) is 0 Å². The Bertz CT molecular complexity index is 544. The molecule has 0 spiro atoms. The number of urea groups is 1. The third-order valence-electron chi connectivity index (χ3n) is 4.12. The van der Waals surface area contributed by atoms with Crippen LogP contribution in [-0.2, 0) is 4.79 Å². The van der Waals surface area contributed by atoms with Gasteiger partial charge in [-0.25, -0.2) is 4.79 Å². The minimum atomic E-state index is -0.361. The Morgan fingerprint density at radius 1 is 1.14 bits per heavy atom. The predicted molar refractivity (Wildman–Crippen MR) is 79.3 cm³/mol. The van der Waals surface area contributed by atoms with Crippen LogP contribution in [0.5, 0.6) is 0 Å². The molecule has 0 radical (unpaired) electrons. The molecule has 0 unspecified atom stereocenters.